The monoisotopic (exact) mass is 377 g/mol. The van der Waals surface area contributed by atoms with Crippen molar-refractivity contribution in [1.29, 1.82) is 0 Å². The van der Waals surface area contributed by atoms with Crippen LogP contribution in [0.25, 0.3) is 0 Å². The van der Waals surface area contributed by atoms with Crippen molar-refractivity contribution < 1.29 is 14.0 Å². The number of piperidine rings is 1. The maximum absolute atomic E-state index is 13.0. The average molecular weight is 378 g/mol. The molecule has 0 atom stereocenters. The highest BCUT2D eigenvalue weighted by atomic mass is 19.1. The molecule has 1 fully saturated rings. The van der Waals surface area contributed by atoms with Crippen LogP contribution in [0.5, 0.6) is 0 Å². The van der Waals surface area contributed by atoms with Gasteiger partial charge in [-0.1, -0.05) is 0 Å². The van der Waals surface area contributed by atoms with Crippen molar-refractivity contribution in [2.45, 2.75) is 52.6 Å². The molecule has 2 rings (SSSR count). The van der Waals surface area contributed by atoms with Crippen molar-refractivity contribution in [3.8, 4) is 0 Å². The maximum atomic E-state index is 13.0. The Hall–Kier alpha value is -1.95. The molecule has 5 nitrogen and oxygen atoms in total. The van der Waals surface area contributed by atoms with E-state index < -0.39 is 0 Å². The number of likely N-dealkylation sites (tertiary alicyclic amines) is 1. The Morgan fingerprint density at radius 1 is 1.11 bits per heavy atom. The third kappa shape index (κ3) is 6.03. The number of carbonyl (C=O) groups is 2. The van der Waals surface area contributed by atoms with E-state index >= 15 is 0 Å². The number of hydrogen-bond donors (Lipinski definition) is 1. The van der Waals surface area contributed by atoms with E-state index in [0.717, 1.165) is 6.54 Å². The Kier molecular flexibility index (Phi) is 7.78. The second kappa shape index (κ2) is 9.83. The largest absolute Gasteiger partial charge is 0.355 e. The van der Waals surface area contributed by atoms with Crippen molar-refractivity contribution >= 4 is 11.8 Å². The van der Waals surface area contributed by atoms with Gasteiger partial charge in [-0.15, -0.1) is 0 Å². The van der Waals surface area contributed by atoms with E-state index in [-0.39, 0.29) is 23.5 Å². The van der Waals surface area contributed by atoms with Crippen LogP contribution in [0.2, 0.25) is 0 Å². The molecule has 0 saturated carbocycles. The first-order valence-electron chi connectivity index (χ1n) is 9.88. The Bertz CT molecular complexity index is 615. The van der Waals surface area contributed by atoms with Gasteiger partial charge in [0.1, 0.15) is 5.82 Å². The quantitative estimate of drug-likeness (QED) is 0.795. The first-order chi connectivity index (χ1) is 12.8. The molecular weight excluding hydrogens is 345 g/mol. The van der Waals surface area contributed by atoms with Gasteiger partial charge in [0.2, 0.25) is 5.91 Å². The van der Waals surface area contributed by atoms with Crippen molar-refractivity contribution in [2.24, 2.45) is 5.92 Å². The van der Waals surface area contributed by atoms with Gasteiger partial charge in [0, 0.05) is 49.7 Å². The number of rotatable bonds is 7. The molecule has 1 aliphatic heterocycles. The first-order valence-corrected chi connectivity index (χ1v) is 9.88. The van der Waals surface area contributed by atoms with Gasteiger partial charge in [0.25, 0.3) is 5.91 Å². The van der Waals surface area contributed by atoms with Gasteiger partial charge in [0.05, 0.1) is 0 Å². The minimum atomic E-state index is -0.351. The number of hydrogen-bond acceptors (Lipinski definition) is 3. The number of amides is 2. The summed E-state index contributed by atoms with van der Waals surface area (Å²) < 4.78 is 13.0. The molecular formula is C21H32FN3O2. The second-order valence-corrected chi connectivity index (χ2v) is 7.79. The number of nitrogens with zero attached hydrogens (tertiary/aromatic N) is 2. The van der Waals surface area contributed by atoms with Crippen LogP contribution in [-0.4, -0.2) is 59.9 Å². The van der Waals surface area contributed by atoms with Gasteiger partial charge in [-0.2, -0.15) is 0 Å². The molecule has 0 radical (unpaired) electrons. The Labute approximate surface area is 161 Å². The summed E-state index contributed by atoms with van der Waals surface area (Å²) in [7, 11) is 0. The van der Waals surface area contributed by atoms with Gasteiger partial charge < -0.3 is 10.2 Å². The lowest BCUT2D eigenvalue weighted by Crippen LogP contribution is -2.46. The highest BCUT2D eigenvalue weighted by Crippen LogP contribution is 2.19. The zero-order valence-corrected chi connectivity index (χ0v) is 16.9. The summed E-state index contributed by atoms with van der Waals surface area (Å²) in [6.07, 6.45) is 1.33. The van der Waals surface area contributed by atoms with E-state index in [2.05, 4.69) is 37.9 Å². The van der Waals surface area contributed by atoms with Crippen LogP contribution in [0, 0.1) is 11.7 Å². The van der Waals surface area contributed by atoms with Crippen molar-refractivity contribution in [3.63, 3.8) is 0 Å². The SMILES string of the molecule is CC(C)N(CCNC(=O)C1CCN(C(=O)c2ccc(F)cc2)CC1)C(C)C. The minimum absolute atomic E-state index is 0.0474. The lowest BCUT2D eigenvalue weighted by Gasteiger charge is -2.32. The topological polar surface area (TPSA) is 52.7 Å². The minimum Gasteiger partial charge on any atom is -0.355 e. The standard InChI is InChI=1S/C21H32FN3O2/c1-15(2)25(16(3)4)14-11-23-20(26)17-9-12-24(13-10-17)21(27)18-5-7-19(22)8-6-18/h5-8,15-17H,9-14H2,1-4H3,(H,23,26). The molecule has 1 N–H and O–H groups in total. The van der Waals surface area contributed by atoms with Gasteiger partial charge in [-0.3, -0.25) is 14.5 Å². The van der Waals surface area contributed by atoms with Crippen LogP contribution in [0.1, 0.15) is 50.9 Å². The highest BCUT2D eigenvalue weighted by Gasteiger charge is 2.27. The van der Waals surface area contributed by atoms with E-state index in [0.29, 0.717) is 50.1 Å². The molecule has 0 spiro atoms. The molecule has 6 heteroatoms. The van der Waals surface area contributed by atoms with Crippen LogP contribution >= 0.6 is 0 Å². The van der Waals surface area contributed by atoms with Gasteiger partial charge >= 0.3 is 0 Å². The van der Waals surface area contributed by atoms with Gasteiger partial charge in [-0.05, 0) is 64.8 Å². The molecule has 0 unspecified atom stereocenters. The average Bonchev–Trinajstić information content (AvgIpc) is 2.64. The maximum Gasteiger partial charge on any atom is 0.253 e. The summed E-state index contributed by atoms with van der Waals surface area (Å²) in [6.45, 7) is 11.2. The zero-order chi connectivity index (χ0) is 20.0. The number of benzene rings is 1. The second-order valence-electron chi connectivity index (χ2n) is 7.79. The molecule has 1 heterocycles. The fourth-order valence-corrected chi connectivity index (χ4v) is 3.69. The molecule has 1 aromatic carbocycles. The summed E-state index contributed by atoms with van der Waals surface area (Å²) in [6, 6.07) is 6.50. The van der Waals surface area contributed by atoms with Crippen LogP contribution in [0.3, 0.4) is 0 Å². The third-order valence-electron chi connectivity index (χ3n) is 5.24. The molecule has 150 valence electrons. The third-order valence-corrected chi connectivity index (χ3v) is 5.24. The summed E-state index contributed by atoms with van der Waals surface area (Å²) in [5.74, 6) is -0.418. The van der Waals surface area contributed by atoms with Gasteiger partial charge in [-0.25, -0.2) is 4.39 Å². The van der Waals surface area contributed by atoms with E-state index in [9.17, 15) is 14.0 Å². The Morgan fingerprint density at radius 2 is 1.67 bits per heavy atom. The Morgan fingerprint density at radius 3 is 2.19 bits per heavy atom. The lowest BCUT2D eigenvalue weighted by atomic mass is 9.95. The summed E-state index contributed by atoms with van der Waals surface area (Å²) in [5.41, 5.74) is 0.488. The molecule has 0 aliphatic carbocycles. The molecule has 0 aromatic heterocycles. The fraction of sp³-hybridized carbons (Fsp3) is 0.619. The van der Waals surface area contributed by atoms with Crippen molar-refractivity contribution in [1.82, 2.24) is 15.1 Å². The van der Waals surface area contributed by atoms with Crippen molar-refractivity contribution in [2.75, 3.05) is 26.2 Å². The van der Waals surface area contributed by atoms with Crippen LogP contribution < -0.4 is 5.32 Å². The lowest BCUT2D eigenvalue weighted by molar-refractivity contribution is -0.126. The van der Waals surface area contributed by atoms with E-state index in [1.54, 1.807) is 4.90 Å². The molecule has 2 amide bonds. The predicted octanol–water partition coefficient (Wildman–Crippen LogP) is 2.91. The van der Waals surface area contributed by atoms with Crippen LogP contribution in [0.4, 0.5) is 4.39 Å². The predicted molar refractivity (Wildman–Crippen MR) is 105 cm³/mol. The van der Waals surface area contributed by atoms with E-state index in [4.69, 9.17) is 0 Å². The molecule has 1 saturated heterocycles. The zero-order valence-electron chi connectivity index (χ0n) is 16.9. The molecule has 1 aromatic rings. The van der Waals surface area contributed by atoms with Crippen LogP contribution in [0.15, 0.2) is 24.3 Å². The smallest absolute Gasteiger partial charge is 0.253 e. The fourth-order valence-electron chi connectivity index (χ4n) is 3.69. The summed E-state index contributed by atoms with van der Waals surface area (Å²) in [5, 5.41) is 3.05. The summed E-state index contributed by atoms with van der Waals surface area (Å²) in [4.78, 5) is 29.0. The number of carbonyl (C=O) groups excluding carboxylic acids is 2. The molecule has 0 bridgehead atoms. The normalized spacial score (nSPS) is 15.6. The molecule has 1 aliphatic rings. The van der Waals surface area contributed by atoms with E-state index in [1.165, 1.54) is 24.3 Å². The van der Waals surface area contributed by atoms with E-state index in [1.807, 2.05) is 0 Å². The highest BCUT2D eigenvalue weighted by molar-refractivity contribution is 5.94. The Balaban J connectivity index is 1.77. The molecule has 27 heavy (non-hydrogen) atoms. The number of halogens is 1. The van der Waals surface area contributed by atoms with Gasteiger partial charge in [0.15, 0.2) is 0 Å². The number of nitrogens with one attached hydrogen (secondary N) is 1. The first kappa shape index (κ1) is 21.4. The van der Waals surface area contributed by atoms with Crippen LogP contribution in [-0.2, 0) is 4.79 Å². The van der Waals surface area contributed by atoms with Crippen molar-refractivity contribution in [3.05, 3.63) is 35.6 Å². The summed E-state index contributed by atoms with van der Waals surface area (Å²) >= 11 is 0.